The number of nitrogens with zero attached hydrogens (tertiary/aromatic N) is 4. The summed E-state index contributed by atoms with van der Waals surface area (Å²) in [6, 6.07) is 6.20. The second-order valence-electron chi connectivity index (χ2n) is 5.64. The SMILES string of the molecule is Cc1ccc(Nc2ncnc3c2nc2n3CCCC2)c(Br)c1. The van der Waals surface area contributed by atoms with E-state index in [0.29, 0.717) is 0 Å². The van der Waals surface area contributed by atoms with Gasteiger partial charge in [0.05, 0.1) is 5.69 Å². The average molecular weight is 358 g/mol. The molecule has 1 aromatic carbocycles. The van der Waals surface area contributed by atoms with E-state index < -0.39 is 0 Å². The topological polar surface area (TPSA) is 55.6 Å². The maximum Gasteiger partial charge on any atom is 0.165 e. The number of fused-ring (bicyclic) bond motifs is 3. The fraction of sp³-hybridized carbons (Fsp3) is 0.312. The lowest BCUT2D eigenvalue weighted by Gasteiger charge is -2.13. The van der Waals surface area contributed by atoms with Gasteiger partial charge in [-0.25, -0.2) is 15.0 Å². The monoisotopic (exact) mass is 357 g/mol. The van der Waals surface area contributed by atoms with Gasteiger partial charge in [-0.2, -0.15) is 0 Å². The number of nitrogens with one attached hydrogen (secondary N) is 1. The Morgan fingerprint density at radius 1 is 1.23 bits per heavy atom. The smallest absolute Gasteiger partial charge is 0.165 e. The Kier molecular flexibility index (Phi) is 3.33. The van der Waals surface area contributed by atoms with E-state index in [9.17, 15) is 0 Å². The van der Waals surface area contributed by atoms with Crippen LogP contribution >= 0.6 is 15.9 Å². The number of imidazole rings is 1. The molecular formula is C16H16BrN5. The van der Waals surface area contributed by atoms with Gasteiger partial charge in [-0.1, -0.05) is 6.07 Å². The summed E-state index contributed by atoms with van der Waals surface area (Å²) in [5.74, 6) is 1.88. The molecule has 1 aliphatic rings. The molecule has 0 saturated carbocycles. The van der Waals surface area contributed by atoms with Crippen molar-refractivity contribution < 1.29 is 0 Å². The number of aryl methyl sites for hydroxylation is 3. The first-order valence-corrected chi connectivity index (χ1v) is 8.25. The summed E-state index contributed by atoms with van der Waals surface area (Å²) < 4.78 is 3.24. The maximum atomic E-state index is 4.76. The summed E-state index contributed by atoms with van der Waals surface area (Å²) in [6.45, 7) is 3.07. The van der Waals surface area contributed by atoms with Crippen molar-refractivity contribution in [3.63, 3.8) is 0 Å². The van der Waals surface area contributed by atoms with Crippen LogP contribution < -0.4 is 5.32 Å². The van der Waals surface area contributed by atoms with Crippen LogP contribution in [-0.2, 0) is 13.0 Å². The third kappa shape index (κ3) is 2.27. The lowest BCUT2D eigenvalue weighted by Crippen LogP contribution is -2.10. The van der Waals surface area contributed by atoms with Gasteiger partial charge in [0.1, 0.15) is 12.2 Å². The summed E-state index contributed by atoms with van der Waals surface area (Å²) in [5.41, 5.74) is 3.97. The van der Waals surface area contributed by atoms with E-state index >= 15 is 0 Å². The van der Waals surface area contributed by atoms with E-state index in [0.717, 1.165) is 45.9 Å². The highest BCUT2D eigenvalue weighted by molar-refractivity contribution is 9.10. The van der Waals surface area contributed by atoms with Gasteiger partial charge < -0.3 is 9.88 Å². The third-order valence-electron chi connectivity index (χ3n) is 4.02. The molecule has 0 atom stereocenters. The lowest BCUT2D eigenvalue weighted by molar-refractivity contribution is 0.530. The van der Waals surface area contributed by atoms with Gasteiger partial charge in [0.25, 0.3) is 0 Å². The quantitative estimate of drug-likeness (QED) is 0.753. The molecule has 0 aliphatic carbocycles. The van der Waals surface area contributed by atoms with Crippen molar-refractivity contribution in [2.75, 3.05) is 5.32 Å². The molecule has 112 valence electrons. The highest BCUT2D eigenvalue weighted by atomic mass is 79.9. The molecule has 5 nitrogen and oxygen atoms in total. The van der Waals surface area contributed by atoms with Crippen LogP contribution in [0.4, 0.5) is 11.5 Å². The fourth-order valence-corrected chi connectivity index (χ4v) is 3.49. The second kappa shape index (κ2) is 5.35. The fourth-order valence-electron chi connectivity index (χ4n) is 2.90. The molecule has 0 amide bonds. The van der Waals surface area contributed by atoms with Crippen LogP contribution in [0.25, 0.3) is 11.2 Å². The zero-order valence-corrected chi connectivity index (χ0v) is 13.9. The van der Waals surface area contributed by atoms with Crippen LogP contribution in [0.1, 0.15) is 24.2 Å². The summed E-state index contributed by atoms with van der Waals surface area (Å²) in [6.07, 6.45) is 5.01. The van der Waals surface area contributed by atoms with Crippen LogP contribution in [0.2, 0.25) is 0 Å². The maximum absolute atomic E-state index is 4.76. The van der Waals surface area contributed by atoms with E-state index in [1.165, 1.54) is 18.4 Å². The molecule has 22 heavy (non-hydrogen) atoms. The Morgan fingerprint density at radius 3 is 3.00 bits per heavy atom. The number of benzene rings is 1. The zero-order chi connectivity index (χ0) is 15.1. The van der Waals surface area contributed by atoms with E-state index in [-0.39, 0.29) is 0 Å². The van der Waals surface area contributed by atoms with Crippen molar-refractivity contribution in [3.05, 3.63) is 40.4 Å². The molecule has 1 aliphatic heterocycles. The molecule has 0 unspecified atom stereocenters. The van der Waals surface area contributed by atoms with Crippen LogP contribution in [-0.4, -0.2) is 19.5 Å². The molecule has 0 bridgehead atoms. The first kappa shape index (κ1) is 13.7. The number of aromatic nitrogens is 4. The summed E-state index contributed by atoms with van der Waals surface area (Å²) in [4.78, 5) is 13.6. The molecule has 2 aromatic heterocycles. The van der Waals surface area contributed by atoms with Gasteiger partial charge in [0.15, 0.2) is 17.0 Å². The number of hydrogen-bond donors (Lipinski definition) is 1. The predicted molar refractivity (Wildman–Crippen MR) is 90.4 cm³/mol. The summed E-state index contributed by atoms with van der Waals surface area (Å²) in [7, 11) is 0. The minimum Gasteiger partial charge on any atom is -0.337 e. The van der Waals surface area contributed by atoms with E-state index in [1.54, 1.807) is 6.33 Å². The molecule has 4 rings (SSSR count). The molecule has 0 fully saturated rings. The van der Waals surface area contributed by atoms with Gasteiger partial charge >= 0.3 is 0 Å². The van der Waals surface area contributed by atoms with E-state index in [1.807, 2.05) is 6.07 Å². The Hall–Kier alpha value is -1.95. The Bertz CT molecular complexity index is 855. The first-order valence-electron chi connectivity index (χ1n) is 7.45. The van der Waals surface area contributed by atoms with Crippen LogP contribution in [0.5, 0.6) is 0 Å². The molecule has 3 aromatic rings. The zero-order valence-electron chi connectivity index (χ0n) is 12.3. The van der Waals surface area contributed by atoms with Gasteiger partial charge in [-0.05, 0) is 53.4 Å². The highest BCUT2D eigenvalue weighted by Crippen LogP contribution is 2.30. The number of anilines is 2. The van der Waals surface area contributed by atoms with Gasteiger partial charge in [0.2, 0.25) is 0 Å². The van der Waals surface area contributed by atoms with Crippen LogP contribution in [0.3, 0.4) is 0 Å². The van der Waals surface area contributed by atoms with Crippen molar-refractivity contribution in [1.29, 1.82) is 0 Å². The summed E-state index contributed by atoms with van der Waals surface area (Å²) >= 11 is 3.59. The van der Waals surface area contributed by atoms with Gasteiger partial charge in [-0.3, -0.25) is 0 Å². The largest absolute Gasteiger partial charge is 0.337 e. The van der Waals surface area contributed by atoms with Crippen molar-refractivity contribution in [3.8, 4) is 0 Å². The molecule has 0 spiro atoms. The highest BCUT2D eigenvalue weighted by Gasteiger charge is 2.18. The predicted octanol–water partition coefficient (Wildman–Crippen LogP) is 3.98. The van der Waals surface area contributed by atoms with Crippen LogP contribution in [0.15, 0.2) is 29.0 Å². The Morgan fingerprint density at radius 2 is 2.14 bits per heavy atom. The molecular weight excluding hydrogens is 342 g/mol. The van der Waals surface area contributed by atoms with Crippen molar-refractivity contribution in [2.24, 2.45) is 0 Å². The molecule has 3 heterocycles. The Labute approximate surface area is 136 Å². The van der Waals surface area contributed by atoms with Crippen LogP contribution in [0, 0.1) is 6.92 Å². The lowest BCUT2D eigenvalue weighted by atomic mass is 10.2. The molecule has 0 radical (unpaired) electrons. The minimum absolute atomic E-state index is 0.761. The molecule has 6 heteroatoms. The average Bonchev–Trinajstić information content (AvgIpc) is 2.90. The summed E-state index contributed by atoms with van der Waals surface area (Å²) in [5, 5.41) is 3.38. The van der Waals surface area contributed by atoms with Gasteiger partial charge in [0, 0.05) is 17.4 Å². The Balaban J connectivity index is 1.80. The number of rotatable bonds is 2. The third-order valence-corrected chi connectivity index (χ3v) is 4.68. The van der Waals surface area contributed by atoms with Crippen molar-refractivity contribution >= 4 is 38.6 Å². The minimum atomic E-state index is 0.761. The van der Waals surface area contributed by atoms with Crippen molar-refractivity contribution in [1.82, 2.24) is 19.5 Å². The molecule has 0 saturated heterocycles. The van der Waals surface area contributed by atoms with E-state index in [4.69, 9.17) is 4.98 Å². The normalized spacial score (nSPS) is 14.1. The van der Waals surface area contributed by atoms with E-state index in [2.05, 4.69) is 54.8 Å². The number of halogens is 1. The standard InChI is InChI=1S/C16H16BrN5/c1-10-5-6-12(11(17)8-10)20-15-14-16(19-9-18-15)22-7-3-2-4-13(22)21-14/h5-6,8-9H,2-4,7H2,1H3,(H,18,19,20). The van der Waals surface area contributed by atoms with Gasteiger partial charge in [-0.15, -0.1) is 0 Å². The number of hydrogen-bond acceptors (Lipinski definition) is 4. The molecule has 1 N–H and O–H groups in total. The first-order chi connectivity index (χ1) is 10.7. The second-order valence-corrected chi connectivity index (χ2v) is 6.49. The van der Waals surface area contributed by atoms with Crippen molar-refractivity contribution in [2.45, 2.75) is 32.7 Å².